The zero-order valence-electron chi connectivity index (χ0n) is 16.0. The number of carbonyl (C=O) groups is 2. The minimum atomic E-state index is -0.221. The van der Waals surface area contributed by atoms with E-state index in [1.807, 2.05) is 41.3 Å². The first kappa shape index (κ1) is 18.1. The molecule has 1 aliphatic heterocycles. The number of hydrogen-bond donors (Lipinski definition) is 2. The Bertz CT molecular complexity index is 1030. The lowest BCUT2D eigenvalue weighted by Crippen LogP contribution is -2.29. The average molecular weight is 377 g/mol. The van der Waals surface area contributed by atoms with E-state index in [9.17, 15) is 9.59 Å². The molecule has 6 nitrogen and oxygen atoms in total. The van der Waals surface area contributed by atoms with Crippen molar-refractivity contribution in [1.29, 1.82) is 0 Å². The molecule has 2 heterocycles. The number of benzene rings is 2. The Balaban J connectivity index is 1.66. The molecule has 3 aromatic rings. The van der Waals surface area contributed by atoms with Gasteiger partial charge in [0, 0.05) is 36.8 Å². The van der Waals surface area contributed by atoms with Gasteiger partial charge in [0.05, 0.1) is 12.8 Å². The summed E-state index contributed by atoms with van der Waals surface area (Å²) in [5, 5.41) is 3.58. The van der Waals surface area contributed by atoms with E-state index < -0.39 is 0 Å². The zero-order valence-corrected chi connectivity index (χ0v) is 16.0. The second-order valence-corrected chi connectivity index (χ2v) is 7.12. The summed E-state index contributed by atoms with van der Waals surface area (Å²) in [4.78, 5) is 30.1. The molecule has 1 aromatic heterocycles. The third-order valence-corrected chi connectivity index (χ3v) is 5.27. The van der Waals surface area contributed by atoms with Crippen LogP contribution in [0.4, 0.5) is 5.69 Å². The lowest BCUT2D eigenvalue weighted by atomic mass is 9.99. The lowest BCUT2D eigenvalue weighted by molar-refractivity contribution is -0.114. The van der Waals surface area contributed by atoms with Gasteiger partial charge < -0.3 is 19.9 Å². The molecule has 0 unspecified atom stereocenters. The van der Waals surface area contributed by atoms with Gasteiger partial charge >= 0.3 is 0 Å². The van der Waals surface area contributed by atoms with Crippen LogP contribution in [-0.4, -0.2) is 41.9 Å². The summed E-state index contributed by atoms with van der Waals surface area (Å²) >= 11 is 0. The number of aromatic amines is 1. The van der Waals surface area contributed by atoms with Crippen molar-refractivity contribution in [2.75, 3.05) is 25.5 Å². The van der Waals surface area contributed by atoms with Crippen LogP contribution in [0.1, 0.15) is 35.3 Å². The highest BCUT2D eigenvalue weighted by Gasteiger charge is 2.30. The minimum absolute atomic E-state index is 0.0997. The van der Waals surface area contributed by atoms with E-state index in [0.29, 0.717) is 36.1 Å². The fraction of sp³-hybridized carbons (Fsp3) is 0.273. The molecule has 28 heavy (non-hydrogen) atoms. The molecule has 1 saturated heterocycles. The number of aromatic nitrogens is 1. The Labute approximate surface area is 163 Å². The normalized spacial score (nSPS) is 16.4. The molecule has 0 bridgehead atoms. The summed E-state index contributed by atoms with van der Waals surface area (Å²) < 4.78 is 5.29. The van der Waals surface area contributed by atoms with Gasteiger partial charge in [0.25, 0.3) is 5.91 Å². The monoisotopic (exact) mass is 377 g/mol. The number of carbonyl (C=O) groups excluding carboxylic acids is 2. The third kappa shape index (κ3) is 3.33. The van der Waals surface area contributed by atoms with Crippen molar-refractivity contribution in [3.05, 3.63) is 59.8 Å². The van der Waals surface area contributed by atoms with Crippen LogP contribution in [-0.2, 0) is 4.79 Å². The van der Waals surface area contributed by atoms with Crippen LogP contribution >= 0.6 is 0 Å². The van der Waals surface area contributed by atoms with Crippen LogP contribution in [0.2, 0.25) is 0 Å². The molecule has 0 saturated carbocycles. The number of likely N-dealkylation sites (tertiary alicyclic amines) is 1. The Morgan fingerprint density at radius 3 is 2.68 bits per heavy atom. The molecule has 2 aromatic carbocycles. The average Bonchev–Trinajstić information content (AvgIpc) is 3.33. The van der Waals surface area contributed by atoms with E-state index in [2.05, 4.69) is 22.4 Å². The number of ether oxygens (including phenoxy) is 1. The molecule has 2 amide bonds. The number of rotatable bonds is 4. The van der Waals surface area contributed by atoms with Crippen LogP contribution in [0, 0.1) is 0 Å². The zero-order chi connectivity index (χ0) is 19.7. The first-order valence-corrected chi connectivity index (χ1v) is 9.38. The van der Waals surface area contributed by atoms with E-state index in [1.54, 1.807) is 7.11 Å². The van der Waals surface area contributed by atoms with Gasteiger partial charge in [0.2, 0.25) is 5.91 Å². The number of H-pyrrole nitrogens is 1. The van der Waals surface area contributed by atoms with Gasteiger partial charge in [-0.2, -0.15) is 0 Å². The van der Waals surface area contributed by atoms with Crippen molar-refractivity contribution in [1.82, 2.24) is 9.88 Å². The number of nitrogens with zero attached hydrogens (tertiary/aromatic N) is 1. The maximum Gasteiger partial charge on any atom is 0.272 e. The molecular formula is C22H23N3O3. The van der Waals surface area contributed by atoms with E-state index >= 15 is 0 Å². The van der Waals surface area contributed by atoms with Crippen molar-refractivity contribution in [3.8, 4) is 5.75 Å². The van der Waals surface area contributed by atoms with E-state index in [1.165, 1.54) is 12.5 Å². The van der Waals surface area contributed by atoms with Crippen LogP contribution in [0.5, 0.6) is 5.75 Å². The van der Waals surface area contributed by atoms with Crippen LogP contribution in [0.3, 0.4) is 0 Å². The second kappa shape index (κ2) is 7.38. The fourth-order valence-corrected chi connectivity index (χ4v) is 3.86. The number of methoxy groups -OCH3 is 1. The van der Waals surface area contributed by atoms with E-state index in [-0.39, 0.29) is 11.8 Å². The quantitative estimate of drug-likeness (QED) is 0.727. The van der Waals surface area contributed by atoms with Gasteiger partial charge in [-0.05, 0) is 30.2 Å². The van der Waals surface area contributed by atoms with Crippen molar-refractivity contribution in [2.24, 2.45) is 0 Å². The molecule has 1 aliphatic rings. The third-order valence-electron chi connectivity index (χ3n) is 5.27. The van der Waals surface area contributed by atoms with Crippen molar-refractivity contribution in [2.45, 2.75) is 19.3 Å². The minimum Gasteiger partial charge on any atom is -0.497 e. The Hall–Kier alpha value is -3.28. The SMILES string of the molecule is COc1ccc2[nH]c(C(=O)N3CC[C@@H](c4ccccc4)C3)c(NC(C)=O)c2c1. The van der Waals surface area contributed by atoms with Gasteiger partial charge in [0.1, 0.15) is 11.4 Å². The Kier molecular flexibility index (Phi) is 4.77. The number of nitrogens with one attached hydrogen (secondary N) is 2. The molecule has 1 atom stereocenters. The summed E-state index contributed by atoms with van der Waals surface area (Å²) in [6.07, 6.45) is 0.930. The number of fused-ring (bicyclic) bond motifs is 1. The Morgan fingerprint density at radius 2 is 1.96 bits per heavy atom. The van der Waals surface area contributed by atoms with Crippen molar-refractivity contribution >= 4 is 28.4 Å². The maximum atomic E-state index is 13.3. The van der Waals surface area contributed by atoms with Crippen LogP contribution in [0.25, 0.3) is 10.9 Å². The summed E-state index contributed by atoms with van der Waals surface area (Å²) in [6, 6.07) is 15.8. The molecule has 0 radical (unpaired) electrons. The molecule has 2 N–H and O–H groups in total. The van der Waals surface area contributed by atoms with Crippen LogP contribution in [0.15, 0.2) is 48.5 Å². The summed E-state index contributed by atoms with van der Waals surface area (Å²) in [7, 11) is 1.59. The predicted octanol–water partition coefficient (Wildman–Crippen LogP) is 3.76. The highest BCUT2D eigenvalue weighted by molar-refractivity contribution is 6.12. The second-order valence-electron chi connectivity index (χ2n) is 7.12. The molecule has 0 spiro atoms. The first-order chi connectivity index (χ1) is 13.6. The molecule has 144 valence electrons. The molecular weight excluding hydrogens is 354 g/mol. The number of hydrogen-bond acceptors (Lipinski definition) is 3. The van der Waals surface area contributed by atoms with Gasteiger partial charge in [-0.3, -0.25) is 9.59 Å². The van der Waals surface area contributed by atoms with Gasteiger partial charge in [-0.25, -0.2) is 0 Å². The van der Waals surface area contributed by atoms with Crippen molar-refractivity contribution < 1.29 is 14.3 Å². The summed E-state index contributed by atoms with van der Waals surface area (Å²) in [5.74, 6) is 0.681. The van der Waals surface area contributed by atoms with Crippen molar-refractivity contribution in [3.63, 3.8) is 0 Å². The van der Waals surface area contributed by atoms with E-state index in [4.69, 9.17) is 4.74 Å². The Morgan fingerprint density at radius 1 is 1.18 bits per heavy atom. The largest absolute Gasteiger partial charge is 0.497 e. The maximum absolute atomic E-state index is 13.3. The first-order valence-electron chi connectivity index (χ1n) is 9.38. The summed E-state index contributed by atoms with van der Waals surface area (Å²) in [5.41, 5.74) is 2.95. The van der Waals surface area contributed by atoms with E-state index in [0.717, 1.165) is 17.3 Å². The smallest absolute Gasteiger partial charge is 0.272 e. The molecule has 6 heteroatoms. The summed E-state index contributed by atoms with van der Waals surface area (Å²) in [6.45, 7) is 2.80. The number of anilines is 1. The van der Waals surface area contributed by atoms with Crippen LogP contribution < -0.4 is 10.1 Å². The lowest BCUT2D eigenvalue weighted by Gasteiger charge is -2.17. The van der Waals surface area contributed by atoms with Gasteiger partial charge in [-0.15, -0.1) is 0 Å². The molecule has 0 aliphatic carbocycles. The standard InChI is InChI=1S/C22H23N3O3/c1-14(26)23-20-18-12-17(28-2)8-9-19(18)24-21(20)22(27)25-11-10-16(13-25)15-6-4-3-5-7-15/h3-9,12,16,24H,10-11,13H2,1-2H3,(H,23,26)/t16-/m1/s1. The van der Waals surface area contributed by atoms with Gasteiger partial charge in [0.15, 0.2) is 0 Å². The highest BCUT2D eigenvalue weighted by atomic mass is 16.5. The topological polar surface area (TPSA) is 74.4 Å². The predicted molar refractivity (Wildman–Crippen MR) is 109 cm³/mol. The fourth-order valence-electron chi connectivity index (χ4n) is 3.86. The highest BCUT2D eigenvalue weighted by Crippen LogP contribution is 2.34. The molecule has 1 fully saturated rings. The molecule has 4 rings (SSSR count). The van der Waals surface area contributed by atoms with Gasteiger partial charge in [-0.1, -0.05) is 30.3 Å². The number of amides is 2.